The number of hydrogen-bond donors (Lipinski definition) is 1. The molecular weight excluding hydrogens is 300 g/mol. The van der Waals surface area contributed by atoms with E-state index in [1.54, 1.807) is 12.1 Å². The minimum Gasteiger partial charge on any atom is -0.229 e. The van der Waals surface area contributed by atoms with Crippen molar-refractivity contribution in [2.45, 2.75) is 12.7 Å². The molecule has 0 saturated heterocycles. The number of nitrogens with zero attached hydrogens (tertiary/aromatic N) is 1. The second-order valence-corrected chi connectivity index (χ2v) is 8.48. The fraction of sp³-hybridized carbons (Fsp3) is 0.417. The highest BCUT2D eigenvalue weighted by Gasteiger charge is 2.13. The summed E-state index contributed by atoms with van der Waals surface area (Å²) in [6.07, 6.45) is 0. The van der Waals surface area contributed by atoms with Gasteiger partial charge in [-0.1, -0.05) is 19.1 Å². The van der Waals surface area contributed by atoms with E-state index in [1.165, 1.54) is 19.1 Å². The summed E-state index contributed by atoms with van der Waals surface area (Å²) in [6.45, 7) is 1.38. The van der Waals surface area contributed by atoms with Gasteiger partial charge in [0.2, 0.25) is 10.0 Å². The van der Waals surface area contributed by atoms with Gasteiger partial charge in [0.1, 0.15) is 0 Å². The van der Waals surface area contributed by atoms with Crippen molar-refractivity contribution in [3.8, 4) is 6.07 Å². The van der Waals surface area contributed by atoms with Gasteiger partial charge in [-0.3, -0.25) is 0 Å². The summed E-state index contributed by atoms with van der Waals surface area (Å²) in [4.78, 5) is 0. The monoisotopic (exact) mass is 316 g/mol. The van der Waals surface area contributed by atoms with Gasteiger partial charge in [-0.05, 0) is 17.7 Å². The third-order valence-electron chi connectivity index (χ3n) is 2.61. The van der Waals surface area contributed by atoms with Crippen molar-refractivity contribution in [3.63, 3.8) is 0 Å². The summed E-state index contributed by atoms with van der Waals surface area (Å²) in [5.74, 6) is -0.467. The Hall–Kier alpha value is -1.43. The zero-order valence-corrected chi connectivity index (χ0v) is 12.7. The van der Waals surface area contributed by atoms with Crippen LogP contribution in [0.25, 0.3) is 0 Å². The van der Waals surface area contributed by atoms with Crippen LogP contribution < -0.4 is 4.72 Å². The fourth-order valence-electron chi connectivity index (χ4n) is 1.44. The van der Waals surface area contributed by atoms with Crippen molar-refractivity contribution in [2.24, 2.45) is 0 Å². The van der Waals surface area contributed by atoms with Gasteiger partial charge in [-0.25, -0.2) is 21.6 Å². The molecule has 0 aromatic heterocycles. The molecule has 1 aromatic rings. The van der Waals surface area contributed by atoms with Gasteiger partial charge in [-0.2, -0.15) is 5.26 Å². The summed E-state index contributed by atoms with van der Waals surface area (Å²) >= 11 is 0. The fourth-order valence-corrected chi connectivity index (χ4v) is 3.42. The Morgan fingerprint density at radius 3 is 2.25 bits per heavy atom. The Morgan fingerprint density at radius 2 is 1.75 bits per heavy atom. The SMILES string of the molecule is CCS(=O)(=O)CCNS(=O)(=O)Cc1ccc(C#N)cc1. The molecule has 110 valence electrons. The molecule has 0 aliphatic carbocycles. The van der Waals surface area contributed by atoms with Crippen molar-refractivity contribution in [3.05, 3.63) is 35.4 Å². The molecule has 8 heteroatoms. The molecule has 0 heterocycles. The number of rotatable bonds is 7. The molecule has 0 unspecified atom stereocenters. The summed E-state index contributed by atoms with van der Waals surface area (Å²) in [5.41, 5.74) is 0.989. The first-order chi connectivity index (χ1) is 9.28. The van der Waals surface area contributed by atoms with Crippen LogP contribution in [0.5, 0.6) is 0 Å². The topological polar surface area (TPSA) is 104 Å². The molecule has 1 N–H and O–H groups in total. The normalized spacial score (nSPS) is 12.0. The van der Waals surface area contributed by atoms with Crippen molar-refractivity contribution in [2.75, 3.05) is 18.1 Å². The number of hydrogen-bond acceptors (Lipinski definition) is 5. The Labute approximate surface area is 119 Å². The van der Waals surface area contributed by atoms with E-state index in [1.807, 2.05) is 6.07 Å². The van der Waals surface area contributed by atoms with Crippen LogP contribution in [0.4, 0.5) is 0 Å². The number of benzene rings is 1. The van der Waals surface area contributed by atoms with Crippen molar-refractivity contribution in [1.29, 1.82) is 5.26 Å². The van der Waals surface area contributed by atoms with Gasteiger partial charge in [0.05, 0.1) is 23.1 Å². The van der Waals surface area contributed by atoms with E-state index in [0.29, 0.717) is 11.1 Å². The second kappa shape index (κ2) is 6.83. The van der Waals surface area contributed by atoms with Gasteiger partial charge in [0.25, 0.3) is 0 Å². The van der Waals surface area contributed by atoms with E-state index in [0.717, 1.165) is 0 Å². The standard InChI is InChI=1S/C12H16N2O4S2/c1-2-19(15,16)8-7-14-20(17,18)10-12-5-3-11(9-13)4-6-12/h3-6,14H,2,7-8,10H2,1H3. The molecule has 0 atom stereocenters. The van der Waals surface area contributed by atoms with Crippen molar-refractivity contribution >= 4 is 19.9 Å². The maximum absolute atomic E-state index is 11.8. The summed E-state index contributed by atoms with van der Waals surface area (Å²) < 4.78 is 48.3. The van der Waals surface area contributed by atoms with Crippen molar-refractivity contribution < 1.29 is 16.8 Å². The van der Waals surface area contributed by atoms with E-state index in [4.69, 9.17) is 5.26 Å². The van der Waals surface area contributed by atoms with E-state index >= 15 is 0 Å². The zero-order chi connectivity index (χ0) is 15.2. The lowest BCUT2D eigenvalue weighted by molar-refractivity contribution is 0.580. The summed E-state index contributed by atoms with van der Waals surface area (Å²) in [5, 5.41) is 8.64. The Bertz CT molecular complexity index is 686. The average molecular weight is 316 g/mol. The van der Waals surface area contributed by atoms with Crippen LogP contribution in [-0.4, -0.2) is 34.9 Å². The molecule has 0 amide bonds. The van der Waals surface area contributed by atoms with E-state index in [9.17, 15) is 16.8 Å². The third-order valence-corrected chi connectivity index (χ3v) is 5.68. The lowest BCUT2D eigenvalue weighted by Gasteiger charge is -2.07. The molecule has 0 saturated carbocycles. The molecule has 6 nitrogen and oxygen atoms in total. The summed E-state index contributed by atoms with van der Waals surface area (Å²) in [7, 11) is -6.77. The highest BCUT2D eigenvalue weighted by Crippen LogP contribution is 2.07. The number of sulfone groups is 1. The molecule has 0 aliphatic rings. The van der Waals surface area contributed by atoms with Gasteiger partial charge in [0, 0.05) is 12.3 Å². The quantitative estimate of drug-likeness (QED) is 0.784. The highest BCUT2D eigenvalue weighted by molar-refractivity contribution is 7.91. The largest absolute Gasteiger partial charge is 0.229 e. The first-order valence-corrected chi connectivity index (χ1v) is 9.42. The predicted octanol–water partition coefficient (Wildman–Crippen LogP) is 0.412. The minimum atomic E-state index is -3.58. The Morgan fingerprint density at radius 1 is 1.15 bits per heavy atom. The molecule has 20 heavy (non-hydrogen) atoms. The van der Waals surface area contributed by atoms with Crippen molar-refractivity contribution in [1.82, 2.24) is 4.72 Å². The van der Waals surface area contributed by atoms with Crippen LogP contribution in [-0.2, 0) is 25.6 Å². The molecule has 0 aliphatic heterocycles. The highest BCUT2D eigenvalue weighted by atomic mass is 32.2. The maximum atomic E-state index is 11.8. The molecule has 0 fully saturated rings. The number of nitriles is 1. The van der Waals surface area contributed by atoms with Crippen LogP contribution >= 0.6 is 0 Å². The molecule has 0 spiro atoms. The predicted molar refractivity (Wildman–Crippen MR) is 76.1 cm³/mol. The van der Waals surface area contributed by atoms with E-state index in [-0.39, 0.29) is 23.8 Å². The van der Waals surface area contributed by atoms with Gasteiger partial charge < -0.3 is 0 Å². The van der Waals surface area contributed by atoms with Crippen LogP contribution in [0, 0.1) is 11.3 Å². The van der Waals surface area contributed by atoms with E-state index < -0.39 is 19.9 Å². The molecule has 0 radical (unpaired) electrons. The van der Waals surface area contributed by atoms with Crippen LogP contribution in [0.2, 0.25) is 0 Å². The van der Waals surface area contributed by atoms with E-state index in [2.05, 4.69) is 4.72 Å². The number of sulfonamides is 1. The lowest BCUT2D eigenvalue weighted by atomic mass is 10.2. The molecule has 1 aromatic carbocycles. The first kappa shape index (κ1) is 16.6. The third kappa shape index (κ3) is 5.69. The maximum Gasteiger partial charge on any atom is 0.215 e. The van der Waals surface area contributed by atoms with Crippen LogP contribution in [0.3, 0.4) is 0 Å². The Kier molecular flexibility index (Phi) is 5.68. The molecule has 1 rings (SSSR count). The minimum absolute atomic E-state index is 0.00957. The second-order valence-electron chi connectivity index (χ2n) is 4.20. The smallest absolute Gasteiger partial charge is 0.215 e. The average Bonchev–Trinajstić information content (AvgIpc) is 2.38. The van der Waals surface area contributed by atoms with Gasteiger partial charge >= 0.3 is 0 Å². The van der Waals surface area contributed by atoms with Gasteiger partial charge in [-0.15, -0.1) is 0 Å². The molecule has 0 bridgehead atoms. The van der Waals surface area contributed by atoms with Crippen LogP contribution in [0.1, 0.15) is 18.1 Å². The summed E-state index contributed by atoms with van der Waals surface area (Å²) in [6, 6.07) is 8.12. The van der Waals surface area contributed by atoms with Crippen LogP contribution in [0.15, 0.2) is 24.3 Å². The first-order valence-electron chi connectivity index (χ1n) is 5.95. The van der Waals surface area contributed by atoms with Gasteiger partial charge in [0.15, 0.2) is 9.84 Å². The lowest BCUT2D eigenvalue weighted by Crippen LogP contribution is -2.30. The number of nitrogens with one attached hydrogen (secondary N) is 1. The molecular formula is C12H16N2O4S2. The Balaban J connectivity index is 2.59. The zero-order valence-electron chi connectivity index (χ0n) is 11.0.